The number of anilines is 1. The van der Waals surface area contributed by atoms with E-state index in [2.05, 4.69) is 25.8 Å². The van der Waals surface area contributed by atoms with Gasteiger partial charge < -0.3 is 36.0 Å². The average Bonchev–Trinajstić information content (AvgIpc) is 3.57. The highest BCUT2D eigenvalue weighted by Crippen LogP contribution is 2.26. The number of carbonyl (C=O) groups excluding carboxylic acids is 2. The number of nitrogens with one attached hydrogen (secondary N) is 1. The fraction of sp³-hybridized carbons (Fsp3) is 0.364. The zero-order valence-electron chi connectivity index (χ0n) is 23.2. The Labute approximate surface area is 255 Å². The second-order valence-electron chi connectivity index (χ2n) is 9.83. The van der Waals surface area contributed by atoms with Crippen LogP contribution in [0.3, 0.4) is 0 Å². The van der Waals surface area contributed by atoms with Crippen molar-refractivity contribution in [1.82, 2.24) is 34.3 Å². The molecule has 242 valence electrons. The van der Waals surface area contributed by atoms with Crippen molar-refractivity contribution in [3.8, 4) is 5.75 Å². The van der Waals surface area contributed by atoms with Crippen LogP contribution in [0, 0.1) is 0 Å². The van der Waals surface area contributed by atoms with Crippen molar-refractivity contribution in [3.63, 3.8) is 0 Å². The van der Waals surface area contributed by atoms with Gasteiger partial charge in [-0.15, -0.1) is 16.4 Å². The highest BCUT2D eigenvalue weighted by molar-refractivity contribution is 7.84. The number of nitrogens with two attached hydrogens (primary N) is 1. The Morgan fingerprint density at radius 1 is 1.24 bits per heavy atom. The molecule has 45 heavy (non-hydrogen) atoms. The number of pyridine rings is 1. The van der Waals surface area contributed by atoms with Gasteiger partial charge in [0.25, 0.3) is 11.8 Å². The van der Waals surface area contributed by atoms with Gasteiger partial charge in [0.1, 0.15) is 17.4 Å². The van der Waals surface area contributed by atoms with E-state index < -0.39 is 69.2 Å². The highest BCUT2D eigenvalue weighted by Gasteiger charge is 2.54. The maximum absolute atomic E-state index is 13.2. The molecule has 7 N–H and O–H groups in total. The maximum Gasteiger partial charge on any atom is 0.362 e. The Morgan fingerprint density at radius 2 is 1.96 bits per heavy atom. The lowest BCUT2D eigenvalue weighted by molar-refractivity contribution is -0.161. The third-order valence-corrected chi connectivity index (χ3v) is 7.74. The van der Waals surface area contributed by atoms with E-state index >= 15 is 0 Å². The molecule has 2 atom stereocenters. The third kappa shape index (κ3) is 7.34. The number of aliphatic carboxylic acids is 1. The number of carboxylic acid groups (broad SMARTS) is 1. The number of β-lactam (4-membered cyclic amide) rings is 1. The van der Waals surface area contributed by atoms with E-state index in [0.717, 1.165) is 42.1 Å². The first-order chi connectivity index (χ1) is 21.0. The standard InChI is InChI=1S/C22H25N9O12S2/c1-22(2,20(36)37)43-27-16(12-9-44-21(23)24-12)18(34)25-17-13(31(19(17)35)45(39,40)41)5-29-4-10(26-28-29)7-42-8-11-3-14(32)15(33)6-30(11)38/h3-4,6,9,13,17,33,38H,5,7-8H2,1-2H3,(H2,23,24)(H,25,34)(H,36,37)(H,39,40,41)/t13-,17+/m1/s1. The normalized spacial score (nSPS) is 17.2. The van der Waals surface area contributed by atoms with Crippen LogP contribution in [0.4, 0.5) is 5.13 Å². The number of hydrogen-bond acceptors (Lipinski definition) is 16. The molecule has 3 aromatic rings. The summed E-state index contributed by atoms with van der Waals surface area (Å²) in [4.78, 5) is 57.9. The predicted molar refractivity (Wildman–Crippen MR) is 148 cm³/mol. The lowest BCUT2D eigenvalue weighted by Crippen LogP contribution is -2.73. The van der Waals surface area contributed by atoms with Gasteiger partial charge >= 0.3 is 16.3 Å². The second kappa shape index (κ2) is 12.5. The number of aromatic nitrogens is 5. The van der Waals surface area contributed by atoms with Crippen LogP contribution in [0.2, 0.25) is 0 Å². The van der Waals surface area contributed by atoms with Crippen molar-refractivity contribution in [3.05, 3.63) is 51.1 Å². The molecule has 23 heteroatoms. The molecule has 4 rings (SSSR count). The highest BCUT2D eigenvalue weighted by atomic mass is 32.2. The molecule has 21 nitrogen and oxygen atoms in total. The van der Waals surface area contributed by atoms with Crippen LogP contribution in [0.5, 0.6) is 5.75 Å². The molecule has 0 radical (unpaired) electrons. The summed E-state index contributed by atoms with van der Waals surface area (Å²) in [6.07, 6.45) is 2.10. The number of carboxylic acids is 1. The largest absolute Gasteiger partial charge is 0.503 e. The summed E-state index contributed by atoms with van der Waals surface area (Å²) in [6.45, 7) is 1.44. The first-order valence-corrected chi connectivity index (χ1v) is 14.7. The van der Waals surface area contributed by atoms with Crippen LogP contribution in [-0.4, -0.2) is 98.6 Å². The number of nitrogen functional groups attached to an aromatic ring is 1. The molecule has 0 bridgehead atoms. The molecule has 0 saturated carbocycles. The van der Waals surface area contributed by atoms with E-state index in [1.54, 1.807) is 0 Å². The van der Waals surface area contributed by atoms with E-state index in [4.69, 9.17) is 15.3 Å². The van der Waals surface area contributed by atoms with Crippen molar-refractivity contribution in [1.29, 1.82) is 0 Å². The van der Waals surface area contributed by atoms with Crippen LogP contribution in [-0.2, 0) is 54.0 Å². The van der Waals surface area contributed by atoms with Crippen molar-refractivity contribution in [2.75, 3.05) is 5.73 Å². The van der Waals surface area contributed by atoms with Crippen LogP contribution >= 0.6 is 11.3 Å². The van der Waals surface area contributed by atoms with Gasteiger partial charge in [-0.3, -0.25) is 18.9 Å². The molecule has 1 aliphatic heterocycles. The van der Waals surface area contributed by atoms with E-state index in [-0.39, 0.29) is 39.7 Å². The summed E-state index contributed by atoms with van der Waals surface area (Å²) in [5, 5.41) is 43.3. The van der Waals surface area contributed by atoms with E-state index in [1.165, 1.54) is 11.6 Å². The minimum absolute atomic E-state index is 0.0146. The Bertz CT molecular complexity index is 1830. The van der Waals surface area contributed by atoms with Gasteiger partial charge in [0.2, 0.25) is 11.0 Å². The average molecular weight is 672 g/mol. The summed E-state index contributed by atoms with van der Waals surface area (Å²) in [7, 11) is -5.08. The first-order valence-electron chi connectivity index (χ1n) is 12.4. The van der Waals surface area contributed by atoms with Gasteiger partial charge in [-0.05, 0) is 13.8 Å². The van der Waals surface area contributed by atoms with Crippen molar-refractivity contribution in [2.45, 2.75) is 51.3 Å². The van der Waals surface area contributed by atoms with Gasteiger partial charge in [0.05, 0.1) is 43.9 Å². The summed E-state index contributed by atoms with van der Waals surface area (Å²) in [6, 6.07) is -2.00. The Kier molecular flexibility index (Phi) is 9.08. The molecule has 0 aromatic carbocycles. The van der Waals surface area contributed by atoms with Gasteiger partial charge in [-0.2, -0.15) is 13.1 Å². The topological polar surface area (TPSA) is 304 Å². The fourth-order valence-corrected chi connectivity index (χ4v) is 5.18. The fourth-order valence-electron chi connectivity index (χ4n) is 3.76. The first kappa shape index (κ1) is 32.8. The summed E-state index contributed by atoms with van der Waals surface area (Å²) >= 11 is 0.924. The number of carbonyl (C=O) groups is 3. The zero-order chi connectivity index (χ0) is 33.3. The number of amides is 2. The third-order valence-electron chi connectivity index (χ3n) is 6.11. The van der Waals surface area contributed by atoms with E-state index in [0.29, 0.717) is 4.73 Å². The maximum atomic E-state index is 13.2. The minimum Gasteiger partial charge on any atom is -0.503 e. The molecule has 2 amide bonds. The number of oxime groups is 1. The van der Waals surface area contributed by atoms with Gasteiger partial charge in [-0.25, -0.2) is 18.8 Å². The number of nitrogens with zero attached hydrogens (tertiary/aromatic N) is 7. The SMILES string of the molecule is CC(C)(ON=C(C(=O)N[C@@H]1C(=O)N(S(=O)(=O)O)[C@@H]1Cn1cc(COCc2cc(=O)c(O)cn2O)nn1)c1csc(N)n1)C(=O)O. The Hall–Kier alpha value is -5.13. The molecule has 0 spiro atoms. The molecule has 1 fully saturated rings. The van der Waals surface area contributed by atoms with Crippen molar-refractivity contribution < 1.29 is 52.3 Å². The summed E-state index contributed by atoms with van der Waals surface area (Å²) in [5.41, 5.74) is 2.53. The molecule has 3 aromatic heterocycles. The molecule has 0 aliphatic carbocycles. The van der Waals surface area contributed by atoms with E-state index in [9.17, 15) is 47.6 Å². The molecule has 1 aliphatic rings. The number of rotatable bonds is 13. The monoisotopic (exact) mass is 671 g/mol. The summed E-state index contributed by atoms with van der Waals surface area (Å²) < 4.78 is 40.6. The van der Waals surface area contributed by atoms with Crippen LogP contribution in [0.15, 0.2) is 33.8 Å². The molecule has 4 heterocycles. The molecular weight excluding hydrogens is 646 g/mol. The predicted octanol–water partition coefficient (Wildman–Crippen LogP) is -2.08. The van der Waals surface area contributed by atoms with E-state index in [1.807, 2.05) is 0 Å². The van der Waals surface area contributed by atoms with Crippen LogP contribution in [0.1, 0.15) is 30.9 Å². The number of thiazole rings is 1. The smallest absolute Gasteiger partial charge is 0.362 e. The molecule has 1 saturated heterocycles. The van der Waals surface area contributed by atoms with Crippen LogP contribution in [0.25, 0.3) is 0 Å². The quantitative estimate of drug-likeness (QED) is 0.0373. The number of aromatic hydroxyl groups is 1. The Balaban J connectivity index is 1.49. The van der Waals surface area contributed by atoms with Gasteiger partial charge in [0, 0.05) is 11.4 Å². The lowest BCUT2D eigenvalue weighted by Gasteiger charge is -2.43. The molecular formula is C22H25N9O12S2. The summed E-state index contributed by atoms with van der Waals surface area (Å²) in [5.74, 6) is -4.39. The van der Waals surface area contributed by atoms with Crippen LogP contribution < -0.4 is 16.5 Å². The minimum atomic E-state index is -5.08. The van der Waals surface area contributed by atoms with Crippen molar-refractivity contribution >= 4 is 50.3 Å². The van der Waals surface area contributed by atoms with Gasteiger partial charge in [0.15, 0.2) is 16.6 Å². The number of hydrogen-bond donors (Lipinski definition) is 6. The second-order valence-corrected chi connectivity index (χ2v) is 12.0. The Morgan fingerprint density at radius 3 is 2.58 bits per heavy atom. The molecule has 0 unspecified atom stereocenters. The van der Waals surface area contributed by atoms with Crippen molar-refractivity contribution in [2.24, 2.45) is 5.16 Å². The number of ether oxygens (including phenoxy) is 1. The van der Waals surface area contributed by atoms with Gasteiger partial charge in [-0.1, -0.05) is 10.4 Å². The lowest BCUT2D eigenvalue weighted by atomic mass is 9.98. The zero-order valence-corrected chi connectivity index (χ0v) is 24.8.